The number of likely N-dealkylation sites (tertiary alicyclic amines) is 1. The molecule has 1 rings (SSSR count). The minimum atomic E-state index is 0.686. The molecule has 0 radical (unpaired) electrons. The fourth-order valence-corrected chi connectivity index (χ4v) is 3.50. The van der Waals surface area contributed by atoms with Crippen LogP contribution in [0.2, 0.25) is 0 Å². The van der Waals surface area contributed by atoms with E-state index in [0.29, 0.717) is 12.1 Å². The molecule has 17 heavy (non-hydrogen) atoms. The van der Waals surface area contributed by atoms with Crippen molar-refractivity contribution < 1.29 is 0 Å². The van der Waals surface area contributed by atoms with Crippen molar-refractivity contribution in [2.45, 2.75) is 52.1 Å². The summed E-state index contributed by atoms with van der Waals surface area (Å²) in [6.07, 6.45) is 6.20. The van der Waals surface area contributed by atoms with Crippen molar-refractivity contribution in [2.75, 3.05) is 31.6 Å². The van der Waals surface area contributed by atoms with Gasteiger partial charge in [-0.2, -0.15) is 11.8 Å². The van der Waals surface area contributed by atoms with Gasteiger partial charge in [0, 0.05) is 17.8 Å². The van der Waals surface area contributed by atoms with Crippen LogP contribution < -0.4 is 5.32 Å². The molecular weight excluding hydrogens is 228 g/mol. The molecule has 0 spiro atoms. The van der Waals surface area contributed by atoms with Gasteiger partial charge >= 0.3 is 0 Å². The molecule has 1 N–H and O–H groups in total. The number of hydrogen-bond acceptors (Lipinski definition) is 3. The summed E-state index contributed by atoms with van der Waals surface area (Å²) in [5.74, 6) is 2.13. The highest BCUT2D eigenvalue weighted by atomic mass is 32.2. The van der Waals surface area contributed by atoms with Crippen LogP contribution in [0.25, 0.3) is 0 Å². The third-order valence-electron chi connectivity index (χ3n) is 4.15. The van der Waals surface area contributed by atoms with Crippen LogP contribution in [0, 0.1) is 5.92 Å². The zero-order valence-corrected chi connectivity index (χ0v) is 12.9. The molecule has 1 fully saturated rings. The lowest BCUT2D eigenvalue weighted by molar-refractivity contribution is 0.165. The molecule has 1 aliphatic rings. The highest BCUT2D eigenvalue weighted by molar-refractivity contribution is 7.98. The second kappa shape index (κ2) is 8.39. The first-order valence-corrected chi connectivity index (χ1v) is 8.57. The third-order valence-corrected chi connectivity index (χ3v) is 4.88. The van der Waals surface area contributed by atoms with Crippen LogP contribution in [0.1, 0.15) is 40.0 Å². The van der Waals surface area contributed by atoms with E-state index in [4.69, 9.17) is 0 Å². The van der Waals surface area contributed by atoms with E-state index in [-0.39, 0.29) is 0 Å². The number of nitrogens with zero attached hydrogens (tertiary/aromatic N) is 1. The summed E-state index contributed by atoms with van der Waals surface area (Å²) < 4.78 is 0. The summed E-state index contributed by atoms with van der Waals surface area (Å²) in [5.41, 5.74) is 0. The maximum atomic E-state index is 3.83. The summed E-state index contributed by atoms with van der Waals surface area (Å²) in [4.78, 5) is 2.57. The molecule has 0 aromatic rings. The van der Waals surface area contributed by atoms with Crippen LogP contribution in [-0.4, -0.2) is 48.6 Å². The summed E-state index contributed by atoms with van der Waals surface area (Å²) in [5, 5.41) is 3.83. The first-order chi connectivity index (χ1) is 8.21. The summed E-state index contributed by atoms with van der Waals surface area (Å²) in [7, 11) is 0. The fraction of sp³-hybridized carbons (Fsp3) is 1.00. The summed E-state index contributed by atoms with van der Waals surface area (Å²) in [6, 6.07) is 1.38. The molecule has 1 aliphatic heterocycles. The average molecular weight is 258 g/mol. The van der Waals surface area contributed by atoms with Crippen LogP contribution in [0.5, 0.6) is 0 Å². The first kappa shape index (κ1) is 15.3. The van der Waals surface area contributed by atoms with Gasteiger partial charge < -0.3 is 10.2 Å². The van der Waals surface area contributed by atoms with Gasteiger partial charge in [-0.25, -0.2) is 0 Å². The highest BCUT2D eigenvalue weighted by Gasteiger charge is 2.24. The number of thioether (sulfide) groups is 1. The molecule has 0 amide bonds. The Kier molecular flexibility index (Phi) is 7.56. The Bertz CT molecular complexity index is 191. The Morgan fingerprint density at radius 1 is 1.29 bits per heavy atom. The predicted octanol–water partition coefficient (Wildman–Crippen LogP) is 2.84. The quantitative estimate of drug-likeness (QED) is 0.756. The van der Waals surface area contributed by atoms with Crippen LogP contribution in [-0.2, 0) is 0 Å². The van der Waals surface area contributed by atoms with Crippen molar-refractivity contribution in [2.24, 2.45) is 5.92 Å². The molecule has 0 aromatic carbocycles. The van der Waals surface area contributed by atoms with Gasteiger partial charge in [0.15, 0.2) is 0 Å². The second-order valence-corrected chi connectivity index (χ2v) is 6.20. The number of piperidine rings is 1. The van der Waals surface area contributed by atoms with Gasteiger partial charge in [-0.15, -0.1) is 0 Å². The van der Waals surface area contributed by atoms with Gasteiger partial charge in [0.1, 0.15) is 0 Å². The topological polar surface area (TPSA) is 15.3 Å². The van der Waals surface area contributed by atoms with Gasteiger partial charge in [-0.3, -0.25) is 0 Å². The smallest absolute Gasteiger partial charge is 0.0158 e. The van der Waals surface area contributed by atoms with Gasteiger partial charge in [0.05, 0.1) is 0 Å². The molecule has 0 saturated carbocycles. The Hall–Kier alpha value is 0.270. The summed E-state index contributed by atoms with van der Waals surface area (Å²) >= 11 is 1.96. The van der Waals surface area contributed by atoms with Crippen LogP contribution in [0.15, 0.2) is 0 Å². The highest BCUT2D eigenvalue weighted by Crippen LogP contribution is 2.21. The van der Waals surface area contributed by atoms with E-state index in [2.05, 4.69) is 37.2 Å². The van der Waals surface area contributed by atoms with Crippen molar-refractivity contribution in [3.05, 3.63) is 0 Å². The van der Waals surface area contributed by atoms with E-state index < -0.39 is 0 Å². The van der Waals surface area contributed by atoms with E-state index in [1.54, 1.807) is 0 Å². The standard InChI is InChI=1S/C14H30N2S/c1-5-14(11-17-4)15-12(3)13-7-9-16(6-2)10-8-13/h12-15H,5-11H2,1-4H3. The molecule has 2 nitrogen and oxygen atoms in total. The van der Waals surface area contributed by atoms with E-state index in [1.807, 2.05) is 11.8 Å². The Labute approximate surface area is 112 Å². The number of nitrogens with one attached hydrogen (secondary N) is 1. The van der Waals surface area contributed by atoms with Crippen LogP contribution in [0.3, 0.4) is 0 Å². The maximum absolute atomic E-state index is 3.83. The molecule has 0 aliphatic carbocycles. The predicted molar refractivity (Wildman–Crippen MR) is 79.9 cm³/mol. The van der Waals surface area contributed by atoms with Crippen molar-refractivity contribution in [1.29, 1.82) is 0 Å². The van der Waals surface area contributed by atoms with Gasteiger partial charge in [-0.05, 0) is 58.0 Å². The third kappa shape index (κ3) is 5.19. The lowest BCUT2D eigenvalue weighted by Gasteiger charge is -2.36. The van der Waals surface area contributed by atoms with Crippen molar-refractivity contribution in [3.63, 3.8) is 0 Å². The molecule has 1 saturated heterocycles. The number of hydrogen-bond donors (Lipinski definition) is 1. The number of rotatable bonds is 7. The van der Waals surface area contributed by atoms with Crippen molar-refractivity contribution in [1.82, 2.24) is 10.2 Å². The van der Waals surface area contributed by atoms with Crippen molar-refractivity contribution >= 4 is 11.8 Å². The zero-order chi connectivity index (χ0) is 12.7. The SMILES string of the molecule is CCC(CSC)NC(C)C1CCN(CC)CC1. The maximum Gasteiger partial charge on any atom is 0.0158 e. The van der Waals surface area contributed by atoms with Gasteiger partial charge in [0.25, 0.3) is 0 Å². The second-order valence-electron chi connectivity index (χ2n) is 5.29. The monoisotopic (exact) mass is 258 g/mol. The lowest BCUT2D eigenvalue weighted by Crippen LogP contribution is -2.46. The molecule has 2 atom stereocenters. The van der Waals surface area contributed by atoms with Crippen molar-refractivity contribution in [3.8, 4) is 0 Å². The first-order valence-electron chi connectivity index (χ1n) is 7.18. The van der Waals surface area contributed by atoms with E-state index in [1.165, 1.54) is 44.6 Å². The molecule has 1 heterocycles. The molecule has 0 bridgehead atoms. The van der Waals surface area contributed by atoms with Gasteiger partial charge in [-0.1, -0.05) is 13.8 Å². The van der Waals surface area contributed by atoms with Crippen LogP contribution >= 0.6 is 11.8 Å². The average Bonchev–Trinajstić information content (AvgIpc) is 2.38. The largest absolute Gasteiger partial charge is 0.310 e. The Balaban J connectivity index is 2.30. The normalized spacial score (nSPS) is 22.6. The van der Waals surface area contributed by atoms with E-state index in [0.717, 1.165) is 5.92 Å². The molecule has 0 aromatic heterocycles. The lowest BCUT2D eigenvalue weighted by atomic mass is 9.90. The van der Waals surface area contributed by atoms with Gasteiger partial charge in [0.2, 0.25) is 0 Å². The zero-order valence-electron chi connectivity index (χ0n) is 12.0. The Morgan fingerprint density at radius 2 is 1.94 bits per heavy atom. The molecule has 102 valence electrons. The molecular formula is C14H30N2S. The molecule has 2 unspecified atom stereocenters. The fourth-order valence-electron chi connectivity index (χ4n) is 2.76. The Morgan fingerprint density at radius 3 is 2.41 bits per heavy atom. The minimum absolute atomic E-state index is 0.686. The van der Waals surface area contributed by atoms with E-state index in [9.17, 15) is 0 Å². The summed E-state index contributed by atoms with van der Waals surface area (Å²) in [6.45, 7) is 10.8. The minimum Gasteiger partial charge on any atom is -0.310 e. The van der Waals surface area contributed by atoms with Crippen LogP contribution in [0.4, 0.5) is 0 Å². The van der Waals surface area contributed by atoms with E-state index >= 15 is 0 Å². The molecule has 3 heteroatoms.